The highest BCUT2D eigenvalue weighted by molar-refractivity contribution is 6.31. The molecule has 0 radical (unpaired) electrons. The smallest absolute Gasteiger partial charge is 0.337 e. The Morgan fingerprint density at radius 1 is 0.559 bits per heavy atom. The summed E-state index contributed by atoms with van der Waals surface area (Å²) in [5.74, 6) is -1.97. The molecule has 4 aromatic rings. The number of carboxylic acid groups (broad SMARTS) is 2. The number of carbonyl (C=O) groups is 2. The second-order valence-corrected chi connectivity index (χ2v) is 7.85. The van der Waals surface area contributed by atoms with E-state index in [2.05, 4.69) is 10.6 Å². The summed E-state index contributed by atoms with van der Waals surface area (Å²) in [7, 11) is 0. The number of hydrogen-bond acceptors (Lipinski definition) is 4. The topological polar surface area (TPSA) is 98.7 Å². The average Bonchev–Trinajstić information content (AvgIpc) is 2.80. The molecule has 0 saturated heterocycles. The molecule has 0 aromatic heterocycles. The lowest BCUT2D eigenvalue weighted by Crippen LogP contribution is -2.02. The second-order valence-electron chi connectivity index (χ2n) is 6.97. The van der Waals surface area contributed by atoms with Crippen LogP contribution < -0.4 is 10.6 Å². The predicted molar refractivity (Wildman–Crippen MR) is 136 cm³/mol. The van der Waals surface area contributed by atoms with Crippen LogP contribution >= 0.6 is 23.2 Å². The van der Waals surface area contributed by atoms with Crippen LogP contribution in [0.2, 0.25) is 10.0 Å². The average molecular weight is 495 g/mol. The van der Waals surface area contributed by atoms with Crippen molar-refractivity contribution in [1.82, 2.24) is 0 Å². The summed E-state index contributed by atoms with van der Waals surface area (Å²) in [5.41, 5.74) is 2.98. The van der Waals surface area contributed by atoms with Crippen LogP contribution in [0.15, 0.2) is 97.1 Å². The maximum atomic E-state index is 11.0. The van der Waals surface area contributed by atoms with Gasteiger partial charge in [0.2, 0.25) is 0 Å². The fraction of sp³-hybridized carbons (Fsp3) is 0. The molecule has 0 bridgehead atoms. The van der Waals surface area contributed by atoms with Crippen LogP contribution in [-0.4, -0.2) is 22.2 Å². The third-order valence-electron chi connectivity index (χ3n) is 4.53. The lowest BCUT2D eigenvalue weighted by Gasteiger charge is -2.09. The first kappa shape index (κ1) is 24.6. The lowest BCUT2D eigenvalue weighted by atomic mass is 10.1. The number of rotatable bonds is 6. The quantitative estimate of drug-likeness (QED) is 0.220. The van der Waals surface area contributed by atoms with Gasteiger partial charge in [-0.2, -0.15) is 0 Å². The molecule has 4 aromatic carbocycles. The highest BCUT2D eigenvalue weighted by Gasteiger charge is 2.11. The van der Waals surface area contributed by atoms with E-state index < -0.39 is 11.9 Å². The molecule has 0 spiro atoms. The van der Waals surface area contributed by atoms with Gasteiger partial charge >= 0.3 is 11.9 Å². The minimum absolute atomic E-state index is 0.193. The molecule has 0 saturated carbocycles. The van der Waals surface area contributed by atoms with Crippen LogP contribution in [0.5, 0.6) is 0 Å². The Morgan fingerprint density at radius 2 is 0.912 bits per heavy atom. The van der Waals surface area contributed by atoms with Gasteiger partial charge in [-0.1, -0.05) is 59.6 Å². The summed E-state index contributed by atoms with van der Waals surface area (Å²) in [6.45, 7) is 0. The minimum Gasteiger partial charge on any atom is -0.478 e. The van der Waals surface area contributed by atoms with Crippen molar-refractivity contribution < 1.29 is 19.8 Å². The van der Waals surface area contributed by atoms with Crippen LogP contribution in [0.25, 0.3) is 0 Å². The number of carboxylic acids is 2. The van der Waals surface area contributed by atoms with Crippen molar-refractivity contribution in [2.24, 2.45) is 0 Å². The van der Waals surface area contributed by atoms with Gasteiger partial charge in [0.05, 0.1) is 22.5 Å². The Hall–Kier alpha value is -4.00. The molecule has 4 rings (SSSR count). The number of para-hydroxylation sites is 2. The second kappa shape index (κ2) is 11.7. The molecule has 172 valence electrons. The number of hydrogen-bond donors (Lipinski definition) is 4. The zero-order valence-electron chi connectivity index (χ0n) is 17.7. The molecule has 34 heavy (non-hydrogen) atoms. The van der Waals surface area contributed by atoms with E-state index in [1.165, 1.54) is 12.1 Å². The number of benzene rings is 4. The highest BCUT2D eigenvalue weighted by atomic mass is 35.5. The maximum Gasteiger partial charge on any atom is 0.337 e. The van der Waals surface area contributed by atoms with E-state index in [1.807, 2.05) is 60.7 Å². The van der Waals surface area contributed by atoms with Crippen molar-refractivity contribution in [3.63, 3.8) is 0 Å². The molecular formula is C26H20Cl2N2O4. The Balaban J connectivity index is 0.000000191. The predicted octanol–water partition coefficient (Wildman–Crippen LogP) is 7.56. The zero-order chi connectivity index (χ0) is 24.5. The Labute approximate surface area is 206 Å². The summed E-state index contributed by atoms with van der Waals surface area (Å²) in [6, 6.07) is 27.9. The minimum atomic E-state index is -0.986. The Bertz CT molecular complexity index is 1180. The molecule has 4 N–H and O–H groups in total. The number of nitrogens with one attached hydrogen (secondary N) is 2. The summed E-state index contributed by atoms with van der Waals surface area (Å²) in [5, 5.41) is 25.1. The van der Waals surface area contributed by atoms with Crippen LogP contribution in [0, 0.1) is 0 Å². The SMILES string of the molecule is O=C(O)c1ccc(Cl)cc1Nc1ccccc1.O=C(O)c1ccc(Cl)cc1Nc1ccccc1. The molecule has 0 fully saturated rings. The van der Waals surface area contributed by atoms with Crippen LogP contribution in [0.1, 0.15) is 20.7 Å². The first-order chi connectivity index (χ1) is 16.3. The van der Waals surface area contributed by atoms with Crippen molar-refractivity contribution >= 4 is 57.9 Å². The fourth-order valence-electron chi connectivity index (χ4n) is 2.97. The maximum absolute atomic E-state index is 11.0. The highest BCUT2D eigenvalue weighted by Crippen LogP contribution is 2.26. The molecule has 0 aliphatic rings. The third kappa shape index (κ3) is 7.00. The molecule has 6 nitrogen and oxygen atoms in total. The van der Waals surface area contributed by atoms with E-state index in [-0.39, 0.29) is 11.1 Å². The van der Waals surface area contributed by atoms with Gasteiger partial charge in [0.25, 0.3) is 0 Å². The van der Waals surface area contributed by atoms with Gasteiger partial charge in [-0.05, 0) is 60.7 Å². The summed E-state index contributed by atoms with van der Waals surface area (Å²) >= 11 is 11.7. The summed E-state index contributed by atoms with van der Waals surface area (Å²) in [6.07, 6.45) is 0. The molecule has 0 aliphatic carbocycles. The third-order valence-corrected chi connectivity index (χ3v) is 5.00. The summed E-state index contributed by atoms with van der Waals surface area (Å²) < 4.78 is 0. The fourth-order valence-corrected chi connectivity index (χ4v) is 3.31. The largest absolute Gasteiger partial charge is 0.478 e. The first-order valence-corrected chi connectivity index (χ1v) is 10.8. The van der Waals surface area contributed by atoms with E-state index >= 15 is 0 Å². The van der Waals surface area contributed by atoms with Gasteiger partial charge in [-0.25, -0.2) is 9.59 Å². The number of anilines is 4. The zero-order valence-corrected chi connectivity index (χ0v) is 19.2. The first-order valence-electron chi connectivity index (χ1n) is 10.0. The van der Waals surface area contributed by atoms with Crippen molar-refractivity contribution in [2.75, 3.05) is 10.6 Å². The molecule has 0 amide bonds. The van der Waals surface area contributed by atoms with Crippen molar-refractivity contribution in [3.8, 4) is 0 Å². The van der Waals surface area contributed by atoms with E-state index in [1.54, 1.807) is 24.3 Å². The van der Waals surface area contributed by atoms with Gasteiger partial charge < -0.3 is 20.8 Å². The molecule has 0 aliphatic heterocycles. The van der Waals surface area contributed by atoms with E-state index in [0.29, 0.717) is 21.4 Å². The van der Waals surface area contributed by atoms with Gasteiger partial charge in [-0.3, -0.25) is 0 Å². The van der Waals surface area contributed by atoms with Gasteiger partial charge in [0, 0.05) is 21.4 Å². The Morgan fingerprint density at radius 3 is 1.24 bits per heavy atom. The van der Waals surface area contributed by atoms with Gasteiger partial charge in [0.15, 0.2) is 0 Å². The van der Waals surface area contributed by atoms with E-state index in [9.17, 15) is 9.59 Å². The van der Waals surface area contributed by atoms with Crippen LogP contribution in [0.4, 0.5) is 22.7 Å². The van der Waals surface area contributed by atoms with Crippen LogP contribution in [-0.2, 0) is 0 Å². The summed E-state index contributed by atoms with van der Waals surface area (Å²) in [4.78, 5) is 22.1. The Kier molecular flexibility index (Phi) is 8.51. The van der Waals surface area contributed by atoms with Crippen LogP contribution in [0.3, 0.4) is 0 Å². The van der Waals surface area contributed by atoms with Crippen molar-refractivity contribution in [3.05, 3.63) is 118 Å². The molecule has 0 atom stereocenters. The van der Waals surface area contributed by atoms with E-state index in [0.717, 1.165) is 11.4 Å². The standard InChI is InChI=1S/2C13H10ClNO2/c2*14-9-6-7-11(13(16)17)12(8-9)15-10-4-2-1-3-5-10/h2*1-8,15H,(H,16,17). The number of halogens is 2. The van der Waals surface area contributed by atoms with Gasteiger partial charge in [-0.15, -0.1) is 0 Å². The molecule has 0 unspecified atom stereocenters. The van der Waals surface area contributed by atoms with Gasteiger partial charge in [0.1, 0.15) is 0 Å². The van der Waals surface area contributed by atoms with Crippen molar-refractivity contribution in [1.29, 1.82) is 0 Å². The molecule has 8 heteroatoms. The molecule has 0 heterocycles. The molecular weight excluding hydrogens is 475 g/mol. The van der Waals surface area contributed by atoms with Crippen molar-refractivity contribution in [2.45, 2.75) is 0 Å². The number of aromatic carboxylic acids is 2. The normalized spacial score (nSPS) is 9.94. The lowest BCUT2D eigenvalue weighted by molar-refractivity contribution is 0.0687. The monoisotopic (exact) mass is 494 g/mol. The van der Waals surface area contributed by atoms with E-state index in [4.69, 9.17) is 33.4 Å².